The third-order valence-electron chi connectivity index (χ3n) is 2.86. The first-order valence-electron chi connectivity index (χ1n) is 6.95. The predicted octanol–water partition coefficient (Wildman–Crippen LogP) is 3.84. The second-order valence-electron chi connectivity index (χ2n) is 4.56. The molecular formula is C17H19NO3. The molecule has 0 aliphatic heterocycles. The van der Waals surface area contributed by atoms with Crippen LogP contribution < -0.4 is 10.1 Å². The fraction of sp³-hybridized carbons (Fsp3) is 0.235. The van der Waals surface area contributed by atoms with Crippen LogP contribution in [0, 0.1) is 0 Å². The van der Waals surface area contributed by atoms with Gasteiger partial charge >= 0.3 is 5.97 Å². The lowest BCUT2D eigenvalue weighted by atomic mass is 10.2. The van der Waals surface area contributed by atoms with Gasteiger partial charge in [0, 0.05) is 5.69 Å². The van der Waals surface area contributed by atoms with E-state index in [-0.39, 0.29) is 12.0 Å². The number of benzene rings is 2. The van der Waals surface area contributed by atoms with Crippen LogP contribution >= 0.6 is 0 Å². The number of para-hydroxylation sites is 1. The summed E-state index contributed by atoms with van der Waals surface area (Å²) in [6, 6.07) is 16.6. The minimum Gasteiger partial charge on any atom is -0.464 e. The zero-order valence-corrected chi connectivity index (χ0v) is 12.2. The van der Waals surface area contributed by atoms with Crippen molar-refractivity contribution in [3.63, 3.8) is 0 Å². The molecule has 2 aromatic carbocycles. The summed E-state index contributed by atoms with van der Waals surface area (Å²) < 4.78 is 10.7. The second-order valence-corrected chi connectivity index (χ2v) is 4.56. The minimum atomic E-state index is -0.383. The Morgan fingerprint density at radius 3 is 2.29 bits per heavy atom. The summed E-state index contributed by atoms with van der Waals surface area (Å²) in [5.41, 5.74) is 0.843. The van der Waals surface area contributed by atoms with Gasteiger partial charge in [0.1, 0.15) is 17.5 Å². The van der Waals surface area contributed by atoms with E-state index in [1.54, 1.807) is 13.8 Å². The molecule has 2 aromatic rings. The highest BCUT2D eigenvalue weighted by Crippen LogP contribution is 2.22. The highest BCUT2D eigenvalue weighted by atomic mass is 16.5. The smallest absolute Gasteiger partial charge is 0.328 e. The van der Waals surface area contributed by atoms with Gasteiger partial charge in [0.25, 0.3) is 0 Å². The van der Waals surface area contributed by atoms with Crippen molar-refractivity contribution >= 4 is 11.7 Å². The monoisotopic (exact) mass is 285 g/mol. The minimum absolute atomic E-state index is 0.262. The van der Waals surface area contributed by atoms with Crippen LogP contribution in [-0.4, -0.2) is 18.6 Å². The van der Waals surface area contributed by atoms with E-state index in [0.717, 1.165) is 17.2 Å². The van der Waals surface area contributed by atoms with Gasteiger partial charge < -0.3 is 14.8 Å². The first kappa shape index (κ1) is 14.9. The number of hydrogen-bond acceptors (Lipinski definition) is 4. The standard InChI is InChI=1S/C17H19NO3/c1-3-20-17(19)13(2)18-14-9-11-16(12-10-14)21-15-7-5-4-6-8-15/h4-13,18H,3H2,1-2H3. The zero-order valence-electron chi connectivity index (χ0n) is 12.2. The number of esters is 1. The van der Waals surface area contributed by atoms with Gasteiger partial charge in [0.2, 0.25) is 0 Å². The van der Waals surface area contributed by atoms with Crippen LogP contribution in [0.25, 0.3) is 0 Å². The van der Waals surface area contributed by atoms with Gasteiger partial charge in [-0.2, -0.15) is 0 Å². The Kier molecular flexibility index (Phi) is 5.21. The van der Waals surface area contributed by atoms with Crippen LogP contribution in [-0.2, 0) is 9.53 Å². The third kappa shape index (κ3) is 4.53. The zero-order chi connectivity index (χ0) is 15.1. The Bertz CT molecular complexity index is 566. The molecule has 0 spiro atoms. The van der Waals surface area contributed by atoms with Gasteiger partial charge in [0.15, 0.2) is 0 Å². The van der Waals surface area contributed by atoms with Crippen molar-refractivity contribution in [1.82, 2.24) is 0 Å². The quantitative estimate of drug-likeness (QED) is 0.819. The van der Waals surface area contributed by atoms with Gasteiger partial charge in [-0.25, -0.2) is 4.79 Å². The molecule has 0 saturated carbocycles. The molecule has 0 radical (unpaired) electrons. The number of anilines is 1. The van der Waals surface area contributed by atoms with E-state index in [4.69, 9.17) is 9.47 Å². The molecule has 0 heterocycles. The van der Waals surface area contributed by atoms with Crippen molar-refractivity contribution in [2.45, 2.75) is 19.9 Å². The van der Waals surface area contributed by atoms with Crippen LogP contribution in [0.1, 0.15) is 13.8 Å². The van der Waals surface area contributed by atoms with Crippen molar-refractivity contribution in [2.75, 3.05) is 11.9 Å². The molecule has 4 nitrogen and oxygen atoms in total. The largest absolute Gasteiger partial charge is 0.464 e. The average molecular weight is 285 g/mol. The average Bonchev–Trinajstić information content (AvgIpc) is 2.50. The van der Waals surface area contributed by atoms with Crippen molar-refractivity contribution in [3.8, 4) is 11.5 Å². The number of ether oxygens (including phenoxy) is 2. The number of rotatable bonds is 6. The number of carbonyl (C=O) groups excluding carboxylic acids is 1. The Labute approximate surface area is 124 Å². The Morgan fingerprint density at radius 2 is 1.67 bits per heavy atom. The first-order valence-corrected chi connectivity index (χ1v) is 6.95. The van der Waals surface area contributed by atoms with Gasteiger partial charge in [-0.1, -0.05) is 18.2 Å². The lowest BCUT2D eigenvalue weighted by Crippen LogP contribution is -2.28. The topological polar surface area (TPSA) is 47.6 Å². The van der Waals surface area contributed by atoms with Gasteiger partial charge in [-0.3, -0.25) is 0 Å². The molecule has 0 bridgehead atoms. The molecule has 4 heteroatoms. The molecule has 1 N–H and O–H groups in total. The molecule has 0 saturated heterocycles. The highest BCUT2D eigenvalue weighted by molar-refractivity contribution is 5.78. The summed E-state index contributed by atoms with van der Waals surface area (Å²) >= 11 is 0. The molecule has 0 aliphatic carbocycles. The third-order valence-corrected chi connectivity index (χ3v) is 2.86. The molecule has 2 rings (SSSR count). The van der Waals surface area contributed by atoms with Gasteiger partial charge in [-0.05, 0) is 50.2 Å². The Balaban J connectivity index is 1.94. The van der Waals surface area contributed by atoms with Crippen molar-refractivity contribution in [1.29, 1.82) is 0 Å². The van der Waals surface area contributed by atoms with Crippen LogP contribution in [0.15, 0.2) is 54.6 Å². The number of nitrogens with one attached hydrogen (secondary N) is 1. The molecule has 1 atom stereocenters. The summed E-state index contributed by atoms with van der Waals surface area (Å²) in [5.74, 6) is 1.27. The van der Waals surface area contributed by atoms with Crippen molar-refractivity contribution in [2.24, 2.45) is 0 Å². The van der Waals surface area contributed by atoms with Crippen LogP contribution in [0.2, 0.25) is 0 Å². The normalized spacial score (nSPS) is 11.5. The fourth-order valence-corrected chi connectivity index (χ4v) is 1.82. The summed E-state index contributed by atoms with van der Waals surface area (Å²) in [7, 11) is 0. The fourth-order valence-electron chi connectivity index (χ4n) is 1.82. The van der Waals surface area contributed by atoms with E-state index < -0.39 is 0 Å². The Morgan fingerprint density at radius 1 is 1.05 bits per heavy atom. The van der Waals surface area contributed by atoms with Crippen LogP contribution in [0.3, 0.4) is 0 Å². The van der Waals surface area contributed by atoms with Crippen molar-refractivity contribution in [3.05, 3.63) is 54.6 Å². The van der Waals surface area contributed by atoms with E-state index in [9.17, 15) is 4.79 Å². The van der Waals surface area contributed by atoms with Crippen molar-refractivity contribution < 1.29 is 14.3 Å². The van der Waals surface area contributed by atoms with E-state index in [0.29, 0.717) is 6.61 Å². The lowest BCUT2D eigenvalue weighted by Gasteiger charge is -2.14. The van der Waals surface area contributed by atoms with Gasteiger partial charge in [-0.15, -0.1) is 0 Å². The second kappa shape index (κ2) is 7.33. The summed E-state index contributed by atoms with van der Waals surface area (Å²) in [6.07, 6.45) is 0. The maximum atomic E-state index is 11.5. The molecule has 110 valence electrons. The van der Waals surface area contributed by atoms with E-state index >= 15 is 0 Å². The Hall–Kier alpha value is -2.49. The summed E-state index contributed by atoms with van der Waals surface area (Å²) in [6.45, 7) is 3.95. The molecule has 21 heavy (non-hydrogen) atoms. The summed E-state index contributed by atoms with van der Waals surface area (Å²) in [5, 5.41) is 3.09. The molecule has 0 fully saturated rings. The molecule has 0 aromatic heterocycles. The van der Waals surface area contributed by atoms with E-state index in [2.05, 4.69) is 5.32 Å². The maximum Gasteiger partial charge on any atom is 0.328 e. The van der Waals surface area contributed by atoms with E-state index in [1.165, 1.54) is 0 Å². The van der Waals surface area contributed by atoms with Crippen LogP contribution in [0.5, 0.6) is 11.5 Å². The lowest BCUT2D eigenvalue weighted by molar-refractivity contribution is -0.143. The SMILES string of the molecule is CCOC(=O)C(C)Nc1ccc(Oc2ccccc2)cc1. The maximum absolute atomic E-state index is 11.5. The highest BCUT2D eigenvalue weighted by Gasteiger charge is 2.13. The molecule has 1 unspecified atom stereocenters. The number of hydrogen-bond donors (Lipinski definition) is 1. The number of carbonyl (C=O) groups is 1. The predicted molar refractivity (Wildman–Crippen MR) is 82.7 cm³/mol. The first-order chi connectivity index (χ1) is 10.2. The van der Waals surface area contributed by atoms with Gasteiger partial charge in [0.05, 0.1) is 6.61 Å². The molecule has 0 aliphatic rings. The summed E-state index contributed by atoms with van der Waals surface area (Å²) in [4.78, 5) is 11.5. The van der Waals surface area contributed by atoms with E-state index in [1.807, 2.05) is 54.6 Å². The van der Waals surface area contributed by atoms with Crippen LogP contribution in [0.4, 0.5) is 5.69 Å². The molecular weight excluding hydrogens is 266 g/mol. The molecule has 0 amide bonds.